The molecule has 2 aromatic rings. The number of hydrogen-bond acceptors (Lipinski definition) is 5. The van der Waals surface area contributed by atoms with Gasteiger partial charge in [0.2, 0.25) is 0 Å². The molecule has 5 nitrogen and oxygen atoms in total. The molecule has 142 valence electrons. The molecule has 0 fully saturated rings. The zero-order valence-electron chi connectivity index (χ0n) is 15.5. The van der Waals surface area contributed by atoms with Gasteiger partial charge in [-0.25, -0.2) is 8.99 Å². The number of hydrogen-bond donors (Lipinski definition) is 2. The second-order valence-corrected chi connectivity index (χ2v) is 8.79. The minimum atomic E-state index is -2.90. The van der Waals surface area contributed by atoms with Gasteiger partial charge in [0.25, 0.3) is 0 Å². The molecule has 0 amide bonds. The van der Waals surface area contributed by atoms with Gasteiger partial charge in [0.1, 0.15) is 11.5 Å². The number of nitrogens with one attached hydrogen (secondary N) is 2. The van der Waals surface area contributed by atoms with E-state index in [0.29, 0.717) is 29.4 Å². The summed E-state index contributed by atoms with van der Waals surface area (Å²) >= 11 is 6.09. The predicted molar refractivity (Wildman–Crippen MR) is 106 cm³/mol. The highest BCUT2D eigenvalue weighted by Gasteiger charge is 2.16. The Labute approximate surface area is 160 Å². The predicted octanol–water partition coefficient (Wildman–Crippen LogP) is 4.03. The minimum absolute atomic E-state index is 0.350. The SMILES string of the molecule is COc1cc([S@](C)(=N)=O)c(OC)cc1CCNCc1cc(C)cc(Cl)c1. The van der Waals surface area contributed by atoms with Crippen LogP contribution < -0.4 is 14.8 Å². The van der Waals surface area contributed by atoms with Gasteiger partial charge in [-0.1, -0.05) is 17.7 Å². The third-order valence-electron chi connectivity index (χ3n) is 3.99. The van der Waals surface area contributed by atoms with Gasteiger partial charge in [0.05, 0.1) is 28.8 Å². The van der Waals surface area contributed by atoms with Crippen molar-refractivity contribution in [3.05, 3.63) is 52.0 Å². The van der Waals surface area contributed by atoms with Crippen LogP contribution in [0.1, 0.15) is 16.7 Å². The second kappa shape index (κ2) is 8.75. The average molecular weight is 397 g/mol. The lowest BCUT2D eigenvalue weighted by Gasteiger charge is -2.15. The summed E-state index contributed by atoms with van der Waals surface area (Å²) in [6, 6.07) is 9.43. The maximum Gasteiger partial charge on any atom is 0.136 e. The Balaban J connectivity index is 2.09. The maximum atomic E-state index is 12.1. The lowest BCUT2D eigenvalue weighted by molar-refractivity contribution is 0.389. The standard InChI is InChI=1S/C19H25ClN2O3S/c1-13-7-14(9-16(20)8-13)12-22-6-5-15-10-18(25-3)19(26(4,21)23)11-17(15)24-2/h7-11,21-22H,5-6,12H2,1-4H3/t26-/m1/s1. The Morgan fingerprint density at radius 1 is 1.12 bits per heavy atom. The number of aryl methyl sites for hydroxylation is 1. The summed E-state index contributed by atoms with van der Waals surface area (Å²) in [5.74, 6) is 1.07. The molecule has 0 aliphatic rings. The van der Waals surface area contributed by atoms with Crippen LogP contribution in [0.4, 0.5) is 0 Å². The Morgan fingerprint density at radius 3 is 2.38 bits per heavy atom. The highest BCUT2D eigenvalue weighted by Crippen LogP contribution is 2.32. The molecular formula is C19H25ClN2O3S. The van der Waals surface area contributed by atoms with Crippen LogP contribution in [0.2, 0.25) is 5.02 Å². The fourth-order valence-electron chi connectivity index (χ4n) is 2.80. The molecule has 0 radical (unpaired) electrons. The first kappa shape index (κ1) is 20.6. The van der Waals surface area contributed by atoms with Crippen molar-refractivity contribution in [1.82, 2.24) is 5.32 Å². The summed E-state index contributed by atoms with van der Waals surface area (Å²) in [5, 5.41) is 4.13. The Morgan fingerprint density at radius 2 is 1.81 bits per heavy atom. The van der Waals surface area contributed by atoms with E-state index >= 15 is 0 Å². The van der Waals surface area contributed by atoms with E-state index in [9.17, 15) is 4.21 Å². The molecule has 26 heavy (non-hydrogen) atoms. The number of halogens is 1. The Kier molecular flexibility index (Phi) is 6.92. The van der Waals surface area contributed by atoms with Crippen LogP contribution >= 0.6 is 11.6 Å². The normalized spacial score (nSPS) is 13.3. The van der Waals surface area contributed by atoms with Crippen LogP contribution in [0.15, 0.2) is 35.2 Å². The van der Waals surface area contributed by atoms with E-state index in [1.807, 2.05) is 19.1 Å². The fraction of sp³-hybridized carbons (Fsp3) is 0.368. The molecule has 7 heteroatoms. The van der Waals surface area contributed by atoms with E-state index in [2.05, 4.69) is 11.4 Å². The van der Waals surface area contributed by atoms with Crippen LogP contribution in [0.25, 0.3) is 0 Å². The lowest BCUT2D eigenvalue weighted by Crippen LogP contribution is -2.17. The van der Waals surface area contributed by atoms with Crippen molar-refractivity contribution in [3.8, 4) is 11.5 Å². The van der Waals surface area contributed by atoms with Crippen molar-refractivity contribution in [1.29, 1.82) is 4.78 Å². The Bertz CT molecular complexity index is 862. The molecule has 0 aliphatic carbocycles. The molecule has 2 aromatic carbocycles. The van der Waals surface area contributed by atoms with E-state index in [1.54, 1.807) is 19.2 Å². The minimum Gasteiger partial charge on any atom is -0.496 e. The Hall–Kier alpha value is -1.76. The van der Waals surface area contributed by atoms with Crippen LogP contribution in [0, 0.1) is 11.7 Å². The third-order valence-corrected chi connectivity index (χ3v) is 5.37. The number of methoxy groups -OCH3 is 2. The molecule has 0 aliphatic heterocycles. The fourth-order valence-corrected chi connectivity index (χ4v) is 3.97. The van der Waals surface area contributed by atoms with Crippen molar-refractivity contribution >= 4 is 21.3 Å². The first-order chi connectivity index (χ1) is 12.2. The van der Waals surface area contributed by atoms with Gasteiger partial charge >= 0.3 is 0 Å². The van der Waals surface area contributed by atoms with E-state index < -0.39 is 9.73 Å². The zero-order valence-corrected chi connectivity index (χ0v) is 17.1. The van der Waals surface area contributed by atoms with Crippen molar-refractivity contribution in [2.45, 2.75) is 24.8 Å². The van der Waals surface area contributed by atoms with Gasteiger partial charge in [-0.05, 0) is 54.8 Å². The van der Waals surface area contributed by atoms with Crippen molar-refractivity contribution in [2.75, 3.05) is 27.0 Å². The van der Waals surface area contributed by atoms with E-state index in [1.165, 1.54) is 13.4 Å². The first-order valence-electron chi connectivity index (χ1n) is 8.20. The topological polar surface area (TPSA) is 71.4 Å². The van der Waals surface area contributed by atoms with Gasteiger partial charge in [-0.2, -0.15) is 0 Å². The quantitative estimate of drug-likeness (QED) is 0.661. The highest BCUT2D eigenvalue weighted by molar-refractivity contribution is 7.91. The van der Waals surface area contributed by atoms with Gasteiger partial charge < -0.3 is 14.8 Å². The van der Waals surface area contributed by atoms with E-state index in [4.69, 9.17) is 25.9 Å². The third kappa shape index (κ3) is 5.37. The van der Waals surface area contributed by atoms with Gasteiger partial charge in [-0.15, -0.1) is 0 Å². The van der Waals surface area contributed by atoms with Gasteiger partial charge in [0.15, 0.2) is 0 Å². The average Bonchev–Trinajstić information content (AvgIpc) is 2.56. The summed E-state index contributed by atoms with van der Waals surface area (Å²) in [7, 11) is 0.185. The summed E-state index contributed by atoms with van der Waals surface area (Å²) in [6.07, 6.45) is 2.08. The van der Waals surface area contributed by atoms with Crippen LogP contribution in [0.3, 0.4) is 0 Å². The molecule has 0 saturated carbocycles. The summed E-state index contributed by atoms with van der Waals surface area (Å²) in [4.78, 5) is 0.350. The summed E-state index contributed by atoms with van der Waals surface area (Å²) < 4.78 is 30.7. The smallest absolute Gasteiger partial charge is 0.136 e. The number of rotatable bonds is 8. The molecular weight excluding hydrogens is 372 g/mol. The van der Waals surface area contributed by atoms with Crippen molar-refractivity contribution in [3.63, 3.8) is 0 Å². The lowest BCUT2D eigenvalue weighted by atomic mass is 10.1. The molecule has 0 bridgehead atoms. The molecule has 2 rings (SSSR count). The molecule has 0 aromatic heterocycles. The number of benzene rings is 2. The van der Waals surface area contributed by atoms with Crippen LogP contribution in [0.5, 0.6) is 11.5 Å². The molecule has 0 spiro atoms. The van der Waals surface area contributed by atoms with E-state index in [0.717, 1.165) is 28.3 Å². The van der Waals surface area contributed by atoms with E-state index in [-0.39, 0.29) is 0 Å². The first-order valence-corrected chi connectivity index (χ1v) is 10.5. The van der Waals surface area contributed by atoms with Crippen molar-refractivity contribution in [2.24, 2.45) is 0 Å². The highest BCUT2D eigenvalue weighted by atomic mass is 35.5. The largest absolute Gasteiger partial charge is 0.496 e. The molecule has 0 unspecified atom stereocenters. The monoisotopic (exact) mass is 396 g/mol. The van der Waals surface area contributed by atoms with Gasteiger partial charge in [0, 0.05) is 23.9 Å². The summed E-state index contributed by atoms with van der Waals surface area (Å²) in [6.45, 7) is 3.47. The molecule has 0 heterocycles. The molecule has 1 atom stereocenters. The zero-order chi connectivity index (χ0) is 19.3. The van der Waals surface area contributed by atoms with Crippen LogP contribution in [-0.2, 0) is 22.7 Å². The summed E-state index contributed by atoms with van der Waals surface area (Å²) in [5.41, 5.74) is 3.20. The van der Waals surface area contributed by atoms with Crippen molar-refractivity contribution < 1.29 is 13.7 Å². The maximum absolute atomic E-state index is 12.1. The van der Waals surface area contributed by atoms with Gasteiger partial charge in [-0.3, -0.25) is 0 Å². The number of ether oxygens (including phenoxy) is 2. The molecule has 0 saturated heterocycles. The second-order valence-electron chi connectivity index (χ2n) is 6.22. The van der Waals surface area contributed by atoms with Crippen LogP contribution in [-0.4, -0.2) is 31.2 Å². The molecule has 2 N–H and O–H groups in total.